The van der Waals surface area contributed by atoms with Gasteiger partial charge in [0.2, 0.25) is 5.75 Å². The average Bonchev–Trinajstić information content (AvgIpc) is 2.80. The molecule has 1 atom stereocenters. The number of pyridine rings is 1. The quantitative estimate of drug-likeness (QED) is 0.197. The molecule has 0 aliphatic carbocycles. The van der Waals surface area contributed by atoms with E-state index in [1.165, 1.54) is 18.2 Å². The number of carbonyl (C=O) groups excluding carboxylic acids is 1. The van der Waals surface area contributed by atoms with Crippen LogP contribution in [0.1, 0.15) is 56.4 Å². The van der Waals surface area contributed by atoms with Crippen LogP contribution in [0.3, 0.4) is 0 Å². The van der Waals surface area contributed by atoms with Crippen molar-refractivity contribution in [3.63, 3.8) is 0 Å². The van der Waals surface area contributed by atoms with Gasteiger partial charge in [-0.25, -0.2) is 0 Å². The van der Waals surface area contributed by atoms with Crippen LogP contribution in [-0.2, 0) is 16.1 Å². The molecule has 8 nitrogen and oxygen atoms in total. The highest BCUT2D eigenvalue weighted by atomic mass is 16.6. The first-order valence-corrected chi connectivity index (χ1v) is 11.4. The number of hydrogen-bond acceptors (Lipinski definition) is 7. The zero-order chi connectivity index (χ0) is 25.4. The molecule has 1 aromatic heterocycles. The Kier molecular flexibility index (Phi) is 8.41. The van der Waals surface area contributed by atoms with Gasteiger partial charge in [-0.1, -0.05) is 30.3 Å². The predicted octanol–water partition coefficient (Wildman–Crippen LogP) is 6.12. The van der Waals surface area contributed by atoms with Crippen LogP contribution in [0.4, 0.5) is 5.69 Å². The number of hydrogen-bond donors (Lipinski definition) is 0. The van der Waals surface area contributed by atoms with E-state index in [9.17, 15) is 14.9 Å². The van der Waals surface area contributed by atoms with E-state index >= 15 is 0 Å². The second kappa shape index (κ2) is 11.5. The molecule has 0 spiro atoms. The normalized spacial score (nSPS) is 12.0. The molecule has 0 aliphatic rings. The van der Waals surface area contributed by atoms with Crippen LogP contribution in [0.5, 0.6) is 11.5 Å². The molecule has 1 heterocycles. The van der Waals surface area contributed by atoms with Gasteiger partial charge in [-0.05, 0) is 57.4 Å². The highest BCUT2D eigenvalue weighted by Crippen LogP contribution is 2.37. The number of aryl methyl sites for hydroxylation is 1. The summed E-state index contributed by atoms with van der Waals surface area (Å²) in [6.07, 6.45) is 3.15. The Morgan fingerprint density at radius 1 is 1.11 bits per heavy atom. The summed E-state index contributed by atoms with van der Waals surface area (Å²) in [5, 5.41) is 11.7. The van der Waals surface area contributed by atoms with Gasteiger partial charge in [0.05, 0.1) is 4.92 Å². The van der Waals surface area contributed by atoms with Crippen molar-refractivity contribution >= 4 is 11.7 Å². The molecule has 35 heavy (non-hydrogen) atoms. The summed E-state index contributed by atoms with van der Waals surface area (Å²) in [6.45, 7) is 7.60. The van der Waals surface area contributed by atoms with Gasteiger partial charge < -0.3 is 14.2 Å². The van der Waals surface area contributed by atoms with Crippen LogP contribution < -0.4 is 9.47 Å². The van der Waals surface area contributed by atoms with Crippen molar-refractivity contribution in [2.24, 2.45) is 0 Å². The number of carbonyl (C=O) groups is 1. The van der Waals surface area contributed by atoms with E-state index in [0.717, 1.165) is 16.7 Å². The maximum atomic E-state index is 12.4. The molecule has 184 valence electrons. The van der Waals surface area contributed by atoms with Crippen molar-refractivity contribution in [2.75, 3.05) is 0 Å². The highest BCUT2D eigenvalue weighted by molar-refractivity contribution is 5.70. The van der Waals surface area contributed by atoms with Crippen LogP contribution in [0, 0.1) is 17.0 Å². The number of esters is 1. The monoisotopic (exact) mass is 478 g/mol. The molecule has 0 saturated heterocycles. The minimum atomic E-state index is -0.602. The van der Waals surface area contributed by atoms with E-state index in [2.05, 4.69) is 4.98 Å². The van der Waals surface area contributed by atoms with Crippen molar-refractivity contribution < 1.29 is 23.9 Å². The first-order valence-electron chi connectivity index (χ1n) is 11.4. The molecule has 8 heteroatoms. The molecule has 0 N–H and O–H groups in total. The van der Waals surface area contributed by atoms with Crippen molar-refractivity contribution in [2.45, 2.75) is 58.8 Å². The van der Waals surface area contributed by atoms with Gasteiger partial charge in [0, 0.05) is 36.5 Å². The third-order valence-electron chi connectivity index (χ3n) is 5.09. The summed E-state index contributed by atoms with van der Waals surface area (Å²) in [4.78, 5) is 27.7. The third-order valence-corrected chi connectivity index (χ3v) is 5.09. The summed E-state index contributed by atoms with van der Waals surface area (Å²) in [5.41, 5.74) is 1.87. The zero-order valence-electron chi connectivity index (χ0n) is 20.4. The number of nitro groups is 1. The van der Waals surface area contributed by atoms with Crippen LogP contribution in [0.25, 0.3) is 0 Å². The lowest BCUT2D eigenvalue weighted by molar-refractivity contribution is -0.386. The van der Waals surface area contributed by atoms with Crippen molar-refractivity contribution in [3.8, 4) is 11.5 Å². The molecule has 0 amide bonds. The van der Waals surface area contributed by atoms with Gasteiger partial charge in [-0.2, -0.15) is 0 Å². The van der Waals surface area contributed by atoms with E-state index in [1.54, 1.807) is 39.2 Å². The van der Waals surface area contributed by atoms with Gasteiger partial charge >= 0.3 is 11.7 Å². The predicted molar refractivity (Wildman–Crippen MR) is 131 cm³/mol. The fourth-order valence-electron chi connectivity index (χ4n) is 3.50. The van der Waals surface area contributed by atoms with Gasteiger partial charge in [0.25, 0.3) is 0 Å². The van der Waals surface area contributed by atoms with E-state index in [1.807, 2.05) is 37.3 Å². The van der Waals surface area contributed by atoms with Gasteiger partial charge in [0.15, 0.2) is 0 Å². The molecule has 0 saturated carbocycles. The summed E-state index contributed by atoms with van der Waals surface area (Å²) < 4.78 is 17.5. The number of ether oxygens (including phenoxy) is 3. The fraction of sp³-hybridized carbons (Fsp3) is 0.333. The molecule has 0 aliphatic heterocycles. The van der Waals surface area contributed by atoms with Crippen LogP contribution >= 0.6 is 0 Å². The maximum absolute atomic E-state index is 12.4. The molecule has 0 unspecified atom stereocenters. The summed E-state index contributed by atoms with van der Waals surface area (Å²) in [7, 11) is 0. The fourth-order valence-corrected chi connectivity index (χ4v) is 3.50. The minimum Gasteiger partial charge on any atom is -0.489 e. The standard InChI is InChI=1S/C27H30N2O6/c1-19-8-5-6-10-22(19)24(13-14-26(30)35-27(2,3)4)34-25-16-21(11-12-23(25)29(31)32)33-18-20-9-7-15-28-17-20/h5-12,15-17,24H,13-14,18H2,1-4H3/t24-/m1/s1. The lowest BCUT2D eigenvalue weighted by Crippen LogP contribution is -2.24. The minimum absolute atomic E-state index is 0.0659. The Morgan fingerprint density at radius 2 is 1.89 bits per heavy atom. The molecular weight excluding hydrogens is 448 g/mol. The molecular formula is C27H30N2O6. The zero-order valence-corrected chi connectivity index (χ0v) is 20.4. The van der Waals surface area contributed by atoms with Gasteiger partial charge in [0.1, 0.15) is 24.1 Å². The van der Waals surface area contributed by atoms with E-state index in [4.69, 9.17) is 14.2 Å². The lowest BCUT2D eigenvalue weighted by atomic mass is 9.99. The van der Waals surface area contributed by atoms with Crippen LogP contribution in [0.15, 0.2) is 67.0 Å². The Labute approximate surface area is 205 Å². The van der Waals surface area contributed by atoms with Crippen LogP contribution in [0.2, 0.25) is 0 Å². The molecule has 0 radical (unpaired) electrons. The average molecular weight is 479 g/mol. The Bertz CT molecular complexity index is 1160. The topological polar surface area (TPSA) is 101 Å². The molecule has 3 aromatic rings. The Hall–Kier alpha value is -3.94. The maximum Gasteiger partial charge on any atom is 0.311 e. The van der Waals surface area contributed by atoms with Crippen molar-refractivity contribution in [1.82, 2.24) is 4.98 Å². The third kappa shape index (κ3) is 7.81. The summed E-state index contributed by atoms with van der Waals surface area (Å²) in [5.74, 6) is 0.129. The Morgan fingerprint density at radius 3 is 2.54 bits per heavy atom. The van der Waals surface area contributed by atoms with E-state index < -0.39 is 16.6 Å². The highest BCUT2D eigenvalue weighted by Gasteiger charge is 2.25. The summed E-state index contributed by atoms with van der Waals surface area (Å²) in [6, 6.07) is 15.7. The molecule has 3 rings (SSSR count). The lowest BCUT2D eigenvalue weighted by Gasteiger charge is -2.23. The molecule has 2 aromatic carbocycles. The van der Waals surface area contributed by atoms with Crippen molar-refractivity contribution in [1.29, 1.82) is 0 Å². The number of aromatic nitrogens is 1. The second-order valence-electron chi connectivity index (χ2n) is 9.12. The van der Waals surface area contributed by atoms with Crippen LogP contribution in [-0.4, -0.2) is 21.5 Å². The first-order chi connectivity index (χ1) is 16.6. The van der Waals surface area contributed by atoms with Gasteiger partial charge in [-0.3, -0.25) is 19.9 Å². The first kappa shape index (κ1) is 25.7. The number of nitrogens with zero attached hydrogens (tertiary/aromatic N) is 2. The molecule has 0 bridgehead atoms. The number of benzene rings is 2. The summed E-state index contributed by atoms with van der Waals surface area (Å²) >= 11 is 0. The smallest absolute Gasteiger partial charge is 0.311 e. The second-order valence-corrected chi connectivity index (χ2v) is 9.12. The number of rotatable bonds is 10. The Balaban J connectivity index is 1.85. The van der Waals surface area contributed by atoms with Crippen molar-refractivity contribution in [3.05, 3.63) is 93.8 Å². The van der Waals surface area contributed by atoms with E-state index in [-0.39, 0.29) is 36.9 Å². The van der Waals surface area contributed by atoms with E-state index in [0.29, 0.717) is 5.75 Å². The van der Waals surface area contributed by atoms with Gasteiger partial charge in [-0.15, -0.1) is 0 Å². The SMILES string of the molecule is Cc1ccccc1[C@@H](CCC(=O)OC(C)(C)C)Oc1cc(OCc2cccnc2)ccc1[N+](=O)[O-]. The molecule has 0 fully saturated rings. The largest absolute Gasteiger partial charge is 0.489 e. The number of nitro benzene ring substituents is 1.